The first kappa shape index (κ1) is 27.8. The summed E-state index contributed by atoms with van der Waals surface area (Å²) in [5.41, 5.74) is 8.38. The number of nitrogens with zero attached hydrogens (tertiary/aromatic N) is 1. The van der Waals surface area contributed by atoms with Gasteiger partial charge in [0.25, 0.3) is 0 Å². The number of morpholine rings is 1. The summed E-state index contributed by atoms with van der Waals surface area (Å²) < 4.78 is 24.5. The van der Waals surface area contributed by atoms with Crippen molar-refractivity contribution in [2.24, 2.45) is 0 Å². The Balaban J connectivity index is 1.37. The summed E-state index contributed by atoms with van der Waals surface area (Å²) in [5, 5.41) is 2.22. The van der Waals surface area contributed by atoms with Crippen LogP contribution in [0.5, 0.6) is 17.2 Å². The van der Waals surface area contributed by atoms with Crippen LogP contribution in [0.1, 0.15) is 41.7 Å². The Hall–Kier alpha value is -4.74. The van der Waals surface area contributed by atoms with Crippen LogP contribution < -0.4 is 19.1 Å². The Morgan fingerprint density at radius 3 is 2.16 bits per heavy atom. The maximum atomic E-state index is 7.43. The Morgan fingerprint density at radius 2 is 1.42 bits per heavy atom. The van der Waals surface area contributed by atoms with Gasteiger partial charge in [-0.2, -0.15) is 0 Å². The van der Waals surface area contributed by atoms with E-state index in [1.165, 1.54) is 27.9 Å². The smallest absolute Gasteiger partial charge is 0.178 e. The summed E-state index contributed by atoms with van der Waals surface area (Å²) in [7, 11) is 3.46. The van der Waals surface area contributed by atoms with E-state index in [1.807, 2.05) is 6.07 Å². The number of rotatable bonds is 5. The minimum atomic E-state index is -0.810. The number of hydrogen-bond acceptors (Lipinski definition) is 5. The molecule has 5 heteroatoms. The van der Waals surface area contributed by atoms with Crippen LogP contribution in [0.15, 0.2) is 97.1 Å². The van der Waals surface area contributed by atoms with Crippen molar-refractivity contribution >= 4 is 22.5 Å². The van der Waals surface area contributed by atoms with Crippen LogP contribution in [-0.4, -0.2) is 40.5 Å². The van der Waals surface area contributed by atoms with Crippen LogP contribution >= 0.6 is 0 Å². The number of methoxy groups -OCH3 is 2. The largest absolute Gasteiger partial charge is 0.497 e. The molecule has 1 saturated heterocycles. The second-order valence-electron chi connectivity index (χ2n) is 12.6. The van der Waals surface area contributed by atoms with Gasteiger partial charge in [0, 0.05) is 46.3 Å². The van der Waals surface area contributed by atoms with Crippen molar-refractivity contribution in [2.75, 3.05) is 45.4 Å². The lowest BCUT2D eigenvalue weighted by atomic mass is 9.78. The zero-order valence-corrected chi connectivity index (χ0v) is 26.2. The molecule has 0 radical (unpaired) electrons. The molecule has 0 aromatic heterocycles. The van der Waals surface area contributed by atoms with Gasteiger partial charge in [-0.3, -0.25) is 0 Å². The summed E-state index contributed by atoms with van der Waals surface area (Å²) in [6, 6.07) is 32.2. The molecule has 8 rings (SSSR count). The highest BCUT2D eigenvalue weighted by Gasteiger charge is 2.44. The maximum Gasteiger partial charge on any atom is 0.178 e. The van der Waals surface area contributed by atoms with Gasteiger partial charge < -0.3 is 23.8 Å². The lowest BCUT2D eigenvalue weighted by Crippen LogP contribution is -2.37. The second-order valence-corrected chi connectivity index (χ2v) is 12.6. The van der Waals surface area contributed by atoms with Crippen molar-refractivity contribution in [3.05, 3.63) is 125 Å². The molecule has 1 aliphatic carbocycles. The normalized spacial score (nSPS) is 19.4. The molecule has 2 heterocycles. The molecule has 0 saturated carbocycles. The molecular weight excluding hydrogens is 558 g/mol. The molecule has 1 fully saturated rings. The standard InChI is InChI=1S/C40H37NO4/c1-39(2)35-25-30(43-4)15-17-32(35)36-33-18-19-40(26-8-6-5-7-9-26,27-10-12-28(13-11-27)41-20-22-44-23-21-41)45-38(33)31-16-14-29(42-3)24-34(31)37(36)39/h5-19,24-25H,20-23H2,1-4H3. The third-order valence-corrected chi connectivity index (χ3v) is 9.92. The van der Waals surface area contributed by atoms with Gasteiger partial charge in [-0.15, -0.1) is 0 Å². The molecule has 45 heavy (non-hydrogen) atoms. The molecular formula is C40H37NO4. The van der Waals surface area contributed by atoms with Crippen LogP contribution in [0.4, 0.5) is 5.69 Å². The van der Waals surface area contributed by atoms with Crippen molar-refractivity contribution in [1.29, 1.82) is 0 Å². The summed E-state index contributed by atoms with van der Waals surface area (Å²) in [6.07, 6.45) is 4.54. The van der Waals surface area contributed by atoms with E-state index in [4.69, 9.17) is 18.9 Å². The van der Waals surface area contributed by atoms with Gasteiger partial charge in [0.2, 0.25) is 0 Å². The minimum absolute atomic E-state index is 0.254. The van der Waals surface area contributed by atoms with Crippen molar-refractivity contribution in [3.63, 3.8) is 0 Å². The zero-order valence-electron chi connectivity index (χ0n) is 26.2. The summed E-state index contributed by atoms with van der Waals surface area (Å²) >= 11 is 0. The van der Waals surface area contributed by atoms with Gasteiger partial charge in [0.1, 0.15) is 17.2 Å². The van der Waals surface area contributed by atoms with Crippen LogP contribution in [0.3, 0.4) is 0 Å². The van der Waals surface area contributed by atoms with Crippen molar-refractivity contribution in [2.45, 2.75) is 24.9 Å². The first-order valence-corrected chi connectivity index (χ1v) is 15.7. The van der Waals surface area contributed by atoms with Crippen molar-refractivity contribution in [3.8, 4) is 28.4 Å². The van der Waals surface area contributed by atoms with E-state index in [0.717, 1.165) is 71.0 Å². The highest BCUT2D eigenvalue weighted by atomic mass is 16.5. The predicted octanol–water partition coefficient (Wildman–Crippen LogP) is 8.35. The topological polar surface area (TPSA) is 40.2 Å². The number of benzene rings is 5. The first-order valence-electron chi connectivity index (χ1n) is 15.7. The van der Waals surface area contributed by atoms with Gasteiger partial charge in [-0.05, 0) is 82.3 Å². The third-order valence-electron chi connectivity index (χ3n) is 9.92. The lowest BCUT2D eigenvalue weighted by Gasteiger charge is -2.38. The molecule has 3 aliphatic rings. The molecule has 5 aromatic rings. The first-order chi connectivity index (χ1) is 21.9. The summed E-state index contributed by atoms with van der Waals surface area (Å²) in [6.45, 7) is 7.93. The maximum absolute atomic E-state index is 7.43. The highest BCUT2D eigenvalue weighted by Crippen LogP contribution is 2.58. The van der Waals surface area contributed by atoms with E-state index in [2.05, 4.69) is 116 Å². The number of hydrogen-bond donors (Lipinski definition) is 0. The van der Waals surface area contributed by atoms with Gasteiger partial charge in [-0.1, -0.05) is 62.4 Å². The molecule has 226 valence electrons. The predicted molar refractivity (Wildman–Crippen MR) is 181 cm³/mol. The Labute approximate surface area is 264 Å². The van der Waals surface area contributed by atoms with Crippen LogP contribution in [0.2, 0.25) is 0 Å². The third kappa shape index (κ3) is 4.17. The summed E-state index contributed by atoms with van der Waals surface area (Å²) in [5.74, 6) is 2.57. The number of ether oxygens (including phenoxy) is 4. The fourth-order valence-electron chi connectivity index (χ4n) is 7.60. The monoisotopic (exact) mass is 595 g/mol. The summed E-state index contributed by atoms with van der Waals surface area (Å²) in [4.78, 5) is 2.38. The SMILES string of the molecule is COc1ccc2c(c1)C(C)(C)c1c-2c2c(c3ccc(OC)cc13)OC(c1ccccc1)(c1ccc(N3CCOCC3)cc1)C=C2. The zero-order chi connectivity index (χ0) is 30.8. The van der Waals surface area contributed by atoms with Crippen LogP contribution in [0, 0.1) is 0 Å². The molecule has 5 nitrogen and oxygen atoms in total. The average Bonchev–Trinajstić information content (AvgIpc) is 3.34. The van der Waals surface area contributed by atoms with E-state index in [9.17, 15) is 0 Å². The van der Waals surface area contributed by atoms with Gasteiger partial charge in [-0.25, -0.2) is 0 Å². The van der Waals surface area contributed by atoms with Crippen molar-refractivity contribution < 1.29 is 18.9 Å². The Bertz CT molecular complexity index is 1960. The Morgan fingerprint density at radius 1 is 0.733 bits per heavy atom. The molecule has 1 unspecified atom stereocenters. The molecule has 5 aromatic carbocycles. The van der Waals surface area contributed by atoms with Gasteiger partial charge in [0.05, 0.1) is 27.4 Å². The lowest BCUT2D eigenvalue weighted by molar-refractivity contribution is 0.122. The van der Waals surface area contributed by atoms with E-state index < -0.39 is 5.60 Å². The van der Waals surface area contributed by atoms with E-state index in [0.29, 0.717) is 0 Å². The van der Waals surface area contributed by atoms with Crippen LogP contribution in [0.25, 0.3) is 28.0 Å². The van der Waals surface area contributed by atoms with E-state index in [1.54, 1.807) is 14.2 Å². The second kappa shape index (κ2) is 10.4. The van der Waals surface area contributed by atoms with E-state index in [-0.39, 0.29) is 5.41 Å². The highest BCUT2D eigenvalue weighted by molar-refractivity contribution is 6.06. The van der Waals surface area contributed by atoms with E-state index >= 15 is 0 Å². The quantitative estimate of drug-likeness (QED) is 0.204. The molecule has 2 aliphatic heterocycles. The van der Waals surface area contributed by atoms with Crippen LogP contribution in [-0.2, 0) is 15.8 Å². The fraction of sp³-hybridized carbons (Fsp3) is 0.250. The average molecular weight is 596 g/mol. The van der Waals surface area contributed by atoms with Gasteiger partial charge in [0.15, 0.2) is 5.60 Å². The number of fused-ring (bicyclic) bond motifs is 8. The van der Waals surface area contributed by atoms with Gasteiger partial charge >= 0.3 is 0 Å². The van der Waals surface area contributed by atoms with Crippen molar-refractivity contribution in [1.82, 2.24) is 0 Å². The Kier molecular flexibility index (Phi) is 6.43. The molecule has 0 bridgehead atoms. The molecule has 0 spiro atoms. The molecule has 1 atom stereocenters. The molecule has 0 N–H and O–H groups in total. The fourth-order valence-corrected chi connectivity index (χ4v) is 7.60. The number of anilines is 1. The molecule has 0 amide bonds. The minimum Gasteiger partial charge on any atom is -0.497 e.